The number of aromatic nitrogens is 3. The fraction of sp³-hybridized carbons (Fsp3) is 0.208. The van der Waals surface area contributed by atoms with Crippen molar-refractivity contribution >= 4 is 28.5 Å². The molecule has 1 amide bonds. The van der Waals surface area contributed by atoms with E-state index in [2.05, 4.69) is 29.2 Å². The van der Waals surface area contributed by atoms with Crippen molar-refractivity contribution in [2.24, 2.45) is 0 Å². The van der Waals surface area contributed by atoms with E-state index in [-0.39, 0.29) is 18.0 Å². The average Bonchev–Trinajstić information content (AvgIpc) is 3.15. The third-order valence-corrected chi connectivity index (χ3v) is 5.32. The number of hydrogen-bond donors (Lipinski definition) is 1. The number of aryl methyl sites for hydroxylation is 1. The Morgan fingerprint density at radius 1 is 1.03 bits per heavy atom. The molecule has 4 aromatic rings. The van der Waals surface area contributed by atoms with Crippen molar-refractivity contribution in [3.8, 4) is 0 Å². The summed E-state index contributed by atoms with van der Waals surface area (Å²) in [6.07, 6.45) is 1.75. The van der Waals surface area contributed by atoms with Gasteiger partial charge in [0.25, 0.3) is 5.91 Å². The van der Waals surface area contributed by atoms with E-state index >= 15 is 0 Å². The normalized spacial score (nSPS) is 12.3. The van der Waals surface area contributed by atoms with Crippen molar-refractivity contribution in [1.29, 1.82) is 0 Å². The number of benzene rings is 2. The van der Waals surface area contributed by atoms with E-state index in [1.54, 1.807) is 6.20 Å². The molecule has 0 aliphatic carbocycles. The van der Waals surface area contributed by atoms with Crippen LogP contribution in [0.1, 0.15) is 53.1 Å². The lowest BCUT2D eigenvalue weighted by atomic mass is 9.98. The summed E-state index contributed by atoms with van der Waals surface area (Å²) in [6, 6.07) is 19.1. The van der Waals surface area contributed by atoms with Crippen LogP contribution in [-0.4, -0.2) is 20.7 Å². The summed E-state index contributed by atoms with van der Waals surface area (Å²) in [5.74, 6) is -0.187. The number of rotatable bonds is 5. The van der Waals surface area contributed by atoms with Crippen molar-refractivity contribution in [2.45, 2.75) is 32.9 Å². The first-order valence-electron chi connectivity index (χ1n) is 9.90. The van der Waals surface area contributed by atoms with Gasteiger partial charge in [-0.2, -0.15) is 5.10 Å². The van der Waals surface area contributed by atoms with Crippen LogP contribution in [0.4, 0.5) is 0 Å². The molecular formula is C24H23ClN4O. The molecule has 2 heterocycles. The summed E-state index contributed by atoms with van der Waals surface area (Å²) >= 11 is 6.22. The first-order valence-corrected chi connectivity index (χ1v) is 10.3. The number of halogens is 1. The van der Waals surface area contributed by atoms with Crippen LogP contribution in [0.15, 0.2) is 66.9 Å². The maximum Gasteiger partial charge on any atom is 0.253 e. The number of amides is 1. The topological polar surface area (TPSA) is 59.8 Å². The molecule has 4 rings (SSSR count). The largest absolute Gasteiger partial charge is 0.341 e. The molecule has 5 nitrogen and oxygen atoms in total. The van der Waals surface area contributed by atoms with Crippen LogP contribution in [0, 0.1) is 6.92 Å². The zero-order valence-electron chi connectivity index (χ0n) is 17.1. The highest BCUT2D eigenvalue weighted by Crippen LogP contribution is 2.26. The third-order valence-electron chi connectivity index (χ3n) is 5.08. The van der Waals surface area contributed by atoms with Gasteiger partial charge in [-0.25, -0.2) is 9.67 Å². The van der Waals surface area contributed by atoms with E-state index in [9.17, 15) is 4.79 Å². The van der Waals surface area contributed by atoms with E-state index in [4.69, 9.17) is 11.6 Å². The fourth-order valence-electron chi connectivity index (χ4n) is 3.57. The molecule has 0 saturated heterocycles. The van der Waals surface area contributed by atoms with Crippen molar-refractivity contribution in [3.05, 3.63) is 94.3 Å². The summed E-state index contributed by atoms with van der Waals surface area (Å²) in [7, 11) is 0. The Morgan fingerprint density at radius 2 is 1.77 bits per heavy atom. The van der Waals surface area contributed by atoms with Crippen LogP contribution in [0.3, 0.4) is 0 Å². The van der Waals surface area contributed by atoms with Gasteiger partial charge in [0.2, 0.25) is 0 Å². The van der Waals surface area contributed by atoms with Crippen LogP contribution < -0.4 is 5.32 Å². The molecule has 0 saturated carbocycles. The smallest absolute Gasteiger partial charge is 0.253 e. The molecule has 0 aliphatic rings. The van der Waals surface area contributed by atoms with Crippen LogP contribution in [0.5, 0.6) is 0 Å². The molecule has 0 aliphatic heterocycles. The fourth-order valence-corrected chi connectivity index (χ4v) is 3.77. The van der Waals surface area contributed by atoms with Gasteiger partial charge in [-0.1, -0.05) is 54.1 Å². The Labute approximate surface area is 180 Å². The Hall–Kier alpha value is -3.18. The standard InChI is InChI=1S/C24H23ClN4O/c1-15(2)29-23-19(14-26-29)13-21(16(3)27-23)24(30)28-22(17-8-5-4-6-9-17)18-10-7-11-20(25)12-18/h4-15,22H,1-3H3,(H,28,30). The predicted molar refractivity (Wildman–Crippen MR) is 120 cm³/mol. The van der Waals surface area contributed by atoms with Crippen molar-refractivity contribution in [2.75, 3.05) is 0 Å². The highest BCUT2D eigenvalue weighted by Gasteiger charge is 2.21. The Kier molecular flexibility index (Phi) is 5.55. The maximum absolute atomic E-state index is 13.3. The SMILES string of the molecule is Cc1nc2c(cnn2C(C)C)cc1C(=O)NC(c1ccccc1)c1cccc(Cl)c1. The maximum atomic E-state index is 13.3. The molecule has 1 N–H and O–H groups in total. The molecule has 0 bridgehead atoms. The quantitative estimate of drug-likeness (QED) is 0.466. The number of carbonyl (C=O) groups excluding carboxylic acids is 1. The number of carbonyl (C=O) groups is 1. The molecule has 0 spiro atoms. The molecule has 30 heavy (non-hydrogen) atoms. The molecule has 6 heteroatoms. The number of hydrogen-bond acceptors (Lipinski definition) is 3. The summed E-state index contributed by atoms with van der Waals surface area (Å²) in [5.41, 5.74) is 3.89. The minimum absolute atomic E-state index is 0.187. The molecule has 0 fully saturated rings. The second kappa shape index (κ2) is 8.28. The molecule has 2 aromatic heterocycles. The van der Waals surface area contributed by atoms with Crippen LogP contribution in [-0.2, 0) is 0 Å². The predicted octanol–water partition coefficient (Wildman–Crippen LogP) is 5.49. The summed E-state index contributed by atoms with van der Waals surface area (Å²) in [4.78, 5) is 17.9. The van der Waals surface area contributed by atoms with Crippen LogP contribution in [0.2, 0.25) is 5.02 Å². The van der Waals surface area contributed by atoms with Gasteiger partial charge in [0.05, 0.1) is 23.5 Å². The lowest BCUT2D eigenvalue weighted by Crippen LogP contribution is -2.30. The van der Waals surface area contributed by atoms with Crippen LogP contribution >= 0.6 is 11.6 Å². The Balaban J connectivity index is 1.72. The zero-order valence-corrected chi connectivity index (χ0v) is 17.9. The van der Waals surface area contributed by atoms with Gasteiger partial charge < -0.3 is 5.32 Å². The first kappa shape index (κ1) is 20.1. The van der Waals surface area contributed by atoms with Crippen molar-refractivity contribution < 1.29 is 4.79 Å². The number of pyridine rings is 1. The number of fused-ring (bicyclic) bond motifs is 1. The van der Waals surface area contributed by atoms with Gasteiger partial charge in [-0.05, 0) is 50.1 Å². The summed E-state index contributed by atoms with van der Waals surface area (Å²) < 4.78 is 1.86. The highest BCUT2D eigenvalue weighted by atomic mass is 35.5. The van der Waals surface area contributed by atoms with E-state index in [1.165, 1.54) is 0 Å². The van der Waals surface area contributed by atoms with E-state index in [0.29, 0.717) is 16.3 Å². The molecule has 1 atom stereocenters. The van der Waals surface area contributed by atoms with Gasteiger partial charge in [0.1, 0.15) is 0 Å². The number of nitrogens with zero attached hydrogens (tertiary/aromatic N) is 3. The molecule has 0 radical (unpaired) electrons. The molecule has 1 unspecified atom stereocenters. The van der Waals surface area contributed by atoms with Gasteiger partial charge in [-0.3, -0.25) is 4.79 Å². The molecule has 152 valence electrons. The van der Waals surface area contributed by atoms with Crippen molar-refractivity contribution in [1.82, 2.24) is 20.1 Å². The van der Waals surface area contributed by atoms with Gasteiger partial charge in [0, 0.05) is 16.5 Å². The van der Waals surface area contributed by atoms with E-state index < -0.39 is 0 Å². The highest BCUT2D eigenvalue weighted by molar-refractivity contribution is 6.30. The van der Waals surface area contributed by atoms with Crippen LogP contribution in [0.25, 0.3) is 11.0 Å². The lowest BCUT2D eigenvalue weighted by molar-refractivity contribution is 0.0942. The lowest BCUT2D eigenvalue weighted by Gasteiger charge is -2.21. The van der Waals surface area contributed by atoms with E-state index in [1.807, 2.05) is 72.3 Å². The second-order valence-corrected chi connectivity index (χ2v) is 8.03. The van der Waals surface area contributed by atoms with E-state index in [0.717, 1.165) is 22.2 Å². The van der Waals surface area contributed by atoms with Gasteiger partial charge in [0.15, 0.2) is 5.65 Å². The average molecular weight is 419 g/mol. The third kappa shape index (κ3) is 3.94. The summed E-state index contributed by atoms with van der Waals surface area (Å²) in [6.45, 7) is 5.96. The second-order valence-electron chi connectivity index (χ2n) is 7.59. The molecule has 2 aromatic carbocycles. The monoisotopic (exact) mass is 418 g/mol. The summed E-state index contributed by atoms with van der Waals surface area (Å²) in [5, 5.41) is 9.05. The Bertz CT molecular complexity index is 1200. The first-order chi connectivity index (χ1) is 14.4. The van der Waals surface area contributed by atoms with Gasteiger partial charge >= 0.3 is 0 Å². The number of nitrogens with one attached hydrogen (secondary N) is 1. The molecular weight excluding hydrogens is 396 g/mol. The van der Waals surface area contributed by atoms with Crippen molar-refractivity contribution in [3.63, 3.8) is 0 Å². The zero-order chi connectivity index (χ0) is 21.3. The van der Waals surface area contributed by atoms with Gasteiger partial charge in [-0.15, -0.1) is 0 Å². The minimum atomic E-state index is -0.328. The minimum Gasteiger partial charge on any atom is -0.341 e. The Morgan fingerprint density at radius 3 is 2.47 bits per heavy atom.